The van der Waals surface area contributed by atoms with Crippen LogP contribution in [0.5, 0.6) is 5.88 Å². The van der Waals surface area contributed by atoms with E-state index in [1.165, 1.54) is 24.2 Å². The molecule has 0 saturated heterocycles. The number of carbonyl (C=O) groups excluding carboxylic acids is 2. The Kier molecular flexibility index (Phi) is 6.95. The number of rotatable bonds is 11. The van der Waals surface area contributed by atoms with Gasteiger partial charge < -0.3 is 15.4 Å². The summed E-state index contributed by atoms with van der Waals surface area (Å²) in [5, 5.41) is 8.03. The summed E-state index contributed by atoms with van der Waals surface area (Å²) in [4.78, 5) is 32.7. The summed E-state index contributed by atoms with van der Waals surface area (Å²) in [6.45, 7) is 2.03. The zero-order valence-electron chi connectivity index (χ0n) is 20.3. The average molecular weight is 517 g/mol. The summed E-state index contributed by atoms with van der Waals surface area (Å²) in [5.41, 5.74) is 0.694. The lowest BCUT2D eigenvalue weighted by molar-refractivity contribution is -0.135. The number of anilines is 2. The highest BCUT2D eigenvalue weighted by Gasteiger charge is 2.57. The second kappa shape index (κ2) is 9.97. The summed E-state index contributed by atoms with van der Waals surface area (Å²) >= 11 is 7.65. The molecular weight excluding hydrogens is 484 g/mol. The van der Waals surface area contributed by atoms with E-state index in [9.17, 15) is 9.59 Å². The topological polar surface area (TPSA) is 83.6 Å². The van der Waals surface area contributed by atoms with Gasteiger partial charge >= 0.3 is 0 Å². The summed E-state index contributed by atoms with van der Waals surface area (Å²) in [6, 6.07) is 5.18. The molecule has 0 radical (unpaired) electrons. The molecule has 4 aliphatic carbocycles. The average Bonchev–Trinajstić information content (AvgIpc) is 3.48. The van der Waals surface area contributed by atoms with Crippen LogP contribution in [0.3, 0.4) is 0 Å². The maximum atomic E-state index is 13.5. The quantitative estimate of drug-likeness (QED) is 0.382. The Morgan fingerprint density at radius 2 is 2.09 bits per heavy atom. The maximum absolute atomic E-state index is 13.5. The third-order valence-corrected chi connectivity index (χ3v) is 9.37. The Morgan fingerprint density at radius 1 is 1.34 bits per heavy atom. The first kappa shape index (κ1) is 24.4. The minimum atomic E-state index is -0.475. The molecule has 188 valence electrons. The van der Waals surface area contributed by atoms with Crippen molar-refractivity contribution in [2.24, 2.45) is 11.8 Å². The van der Waals surface area contributed by atoms with Crippen molar-refractivity contribution >= 4 is 45.9 Å². The smallest absolute Gasteiger partial charge is 0.243 e. The maximum Gasteiger partial charge on any atom is 0.243 e. The molecule has 35 heavy (non-hydrogen) atoms. The van der Waals surface area contributed by atoms with Gasteiger partial charge in [-0.2, -0.15) is 0 Å². The molecule has 0 aliphatic heterocycles. The number of nitrogens with one attached hydrogen (secondary N) is 2. The molecule has 2 atom stereocenters. The van der Waals surface area contributed by atoms with Crippen molar-refractivity contribution in [2.75, 3.05) is 17.3 Å². The van der Waals surface area contributed by atoms with Gasteiger partial charge in [0, 0.05) is 16.6 Å². The largest absolute Gasteiger partial charge is 0.480 e. The second-order valence-electron chi connectivity index (χ2n) is 10.4. The van der Waals surface area contributed by atoms with Crippen molar-refractivity contribution in [1.82, 2.24) is 10.3 Å². The molecule has 0 aromatic carbocycles. The van der Waals surface area contributed by atoms with Crippen LogP contribution in [0.25, 0.3) is 0 Å². The zero-order chi connectivity index (χ0) is 24.6. The van der Waals surface area contributed by atoms with E-state index in [0.29, 0.717) is 22.5 Å². The first-order chi connectivity index (χ1) is 16.9. The summed E-state index contributed by atoms with van der Waals surface area (Å²) in [5.74, 6) is 1.74. The molecule has 2 bridgehead atoms. The Hall–Kier alpha value is -2.32. The summed E-state index contributed by atoms with van der Waals surface area (Å²) in [6.07, 6.45) is 11.0. The highest BCUT2D eigenvalue weighted by Crippen LogP contribution is 2.57. The van der Waals surface area contributed by atoms with Crippen LogP contribution < -0.4 is 20.3 Å². The van der Waals surface area contributed by atoms with E-state index in [0.717, 1.165) is 60.7 Å². The highest BCUT2D eigenvalue weighted by molar-refractivity contribution is 7.16. The van der Waals surface area contributed by atoms with E-state index in [1.807, 2.05) is 19.1 Å². The molecule has 2 aromatic rings. The lowest BCUT2D eigenvalue weighted by Crippen LogP contribution is -2.70. The molecule has 0 unspecified atom stereocenters. The van der Waals surface area contributed by atoms with Gasteiger partial charge in [-0.15, -0.1) is 11.3 Å². The van der Waals surface area contributed by atoms with Gasteiger partial charge in [0.05, 0.1) is 28.9 Å². The number of methoxy groups -OCH3 is 1. The molecule has 0 spiro atoms. The van der Waals surface area contributed by atoms with Crippen LogP contribution in [0.2, 0.25) is 5.02 Å². The third-order valence-electron chi connectivity index (χ3n) is 7.89. The summed E-state index contributed by atoms with van der Waals surface area (Å²) in [7, 11) is 1.57. The van der Waals surface area contributed by atoms with Gasteiger partial charge in [0.1, 0.15) is 6.04 Å². The zero-order valence-corrected chi connectivity index (χ0v) is 21.8. The van der Waals surface area contributed by atoms with Gasteiger partial charge in [0.25, 0.3) is 0 Å². The Balaban J connectivity index is 1.33. The van der Waals surface area contributed by atoms with Crippen molar-refractivity contribution in [3.8, 4) is 5.88 Å². The van der Waals surface area contributed by atoms with Crippen molar-refractivity contribution in [3.05, 3.63) is 34.3 Å². The van der Waals surface area contributed by atoms with Crippen LogP contribution in [-0.2, 0) is 9.59 Å². The van der Waals surface area contributed by atoms with E-state index in [2.05, 4.69) is 15.6 Å². The van der Waals surface area contributed by atoms with Gasteiger partial charge in [0.2, 0.25) is 18.2 Å². The molecule has 2 amide bonds. The van der Waals surface area contributed by atoms with Crippen LogP contribution in [0.15, 0.2) is 24.4 Å². The molecule has 2 aromatic heterocycles. The molecule has 7 nitrogen and oxygen atoms in total. The van der Waals surface area contributed by atoms with E-state index in [4.69, 9.17) is 16.3 Å². The number of carbonyl (C=O) groups is 2. The van der Waals surface area contributed by atoms with Crippen LogP contribution in [0.1, 0.15) is 69.2 Å². The van der Waals surface area contributed by atoms with E-state index in [-0.39, 0.29) is 17.5 Å². The highest BCUT2D eigenvalue weighted by atomic mass is 35.5. The molecule has 2 heterocycles. The van der Waals surface area contributed by atoms with E-state index in [1.54, 1.807) is 24.3 Å². The lowest BCUT2D eigenvalue weighted by Gasteiger charge is -2.62. The van der Waals surface area contributed by atoms with Crippen LogP contribution in [0, 0.1) is 11.8 Å². The first-order valence-electron chi connectivity index (χ1n) is 12.5. The Bertz CT molecular complexity index is 1070. The molecule has 9 heteroatoms. The number of hydrogen-bond acceptors (Lipinski definition) is 6. The van der Waals surface area contributed by atoms with Crippen molar-refractivity contribution in [2.45, 2.75) is 75.9 Å². The van der Waals surface area contributed by atoms with Crippen molar-refractivity contribution in [3.63, 3.8) is 0 Å². The predicted molar refractivity (Wildman–Crippen MR) is 139 cm³/mol. The number of pyridine rings is 1. The molecular formula is C26H33ClN4O3S. The van der Waals surface area contributed by atoms with Crippen molar-refractivity contribution in [1.29, 1.82) is 0 Å². The molecule has 6 rings (SSSR count). The number of halogens is 1. The van der Waals surface area contributed by atoms with Gasteiger partial charge in [-0.3, -0.25) is 14.5 Å². The number of amides is 2. The third kappa shape index (κ3) is 5.00. The minimum absolute atomic E-state index is 0.00184. The summed E-state index contributed by atoms with van der Waals surface area (Å²) < 4.78 is 5.35. The first-order valence-corrected chi connectivity index (χ1v) is 13.7. The fourth-order valence-electron chi connectivity index (χ4n) is 5.87. The van der Waals surface area contributed by atoms with Gasteiger partial charge in [0.15, 0.2) is 0 Å². The number of aromatic nitrogens is 1. The van der Waals surface area contributed by atoms with E-state index >= 15 is 0 Å². The normalized spacial score (nSPS) is 24.6. The Morgan fingerprint density at radius 3 is 2.71 bits per heavy atom. The SMILES string of the molecule is COc1ncc(Cl)cc1N[C@@H](C)c1ccc(N(C=O)[C@@H](CC2CCCC2)C(=O)NC23CC(C2)C3)s1. The minimum Gasteiger partial charge on any atom is -0.480 e. The molecule has 4 saturated carbocycles. The van der Waals surface area contributed by atoms with Gasteiger partial charge in [-0.05, 0) is 62.6 Å². The van der Waals surface area contributed by atoms with Crippen LogP contribution >= 0.6 is 22.9 Å². The number of nitrogens with zero attached hydrogens (tertiary/aromatic N) is 2. The van der Waals surface area contributed by atoms with Crippen LogP contribution in [0.4, 0.5) is 10.7 Å². The lowest BCUT2D eigenvalue weighted by atomic mass is 9.50. The van der Waals surface area contributed by atoms with Gasteiger partial charge in [-0.1, -0.05) is 37.3 Å². The molecule has 4 fully saturated rings. The number of hydrogen-bond donors (Lipinski definition) is 2. The monoisotopic (exact) mass is 516 g/mol. The predicted octanol–water partition coefficient (Wildman–Crippen LogP) is 5.56. The molecule has 2 N–H and O–H groups in total. The number of thiophene rings is 1. The second-order valence-corrected chi connectivity index (χ2v) is 11.9. The number of ether oxygens (including phenoxy) is 1. The van der Waals surface area contributed by atoms with Crippen molar-refractivity contribution < 1.29 is 14.3 Å². The molecule has 4 aliphatic rings. The fraction of sp³-hybridized carbons (Fsp3) is 0.577. The van der Waals surface area contributed by atoms with E-state index < -0.39 is 6.04 Å². The van der Waals surface area contributed by atoms with Crippen LogP contribution in [-0.4, -0.2) is 36.0 Å². The standard InChI is InChI=1S/C26H33ClN4O3S/c1-16(29-20-10-19(27)14-28-25(20)34-2)22-7-8-23(35-22)31(15-32)21(9-17-5-3-4-6-17)24(33)30-26-11-18(12-26)13-26/h7-8,10,14-18,21,29H,3-6,9,11-13H2,1-2H3,(H,30,33)/t16-,18?,21-,26?/m0/s1. The fourth-order valence-corrected chi connectivity index (χ4v) is 7.06. The Labute approximate surface area is 215 Å². The van der Waals surface area contributed by atoms with Gasteiger partial charge in [-0.25, -0.2) is 4.98 Å².